The number of nitrogens with zero attached hydrogens (tertiary/aromatic N) is 2. The third-order valence-corrected chi connectivity index (χ3v) is 8.47. The highest BCUT2D eigenvalue weighted by molar-refractivity contribution is 6.05. The average molecular weight is 628 g/mol. The summed E-state index contributed by atoms with van der Waals surface area (Å²) >= 11 is 0. The van der Waals surface area contributed by atoms with Crippen LogP contribution in [0.15, 0.2) is 78.9 Å². The van der Waals surface area contributed by atoms with E-state index in [0.717, 1.165) is 5.56 Å². The number of carbonyl (C=O) groups excluding carboxylic acids is 4. The average Bonchev–Trinajstić information content (AvgIpc) is 3.36. The number of carbonyl (C=O) groups is 4. The molecule has 3 aromatic carbocycles. The molecule has 242 valence electrons. The lowest BCUT2D eigenvalue weighted by molar-refractivity contribution is -0.154. The van der Waals surface area contributed by atoms with Crippen molar-refractivity contribution in [3.05, 3.63) is 95.6 Å². The summed E-state index contributed by atoms with van der Waals surface area (Å²) in [7, 11) is 0. The molecule has 0 radical (unpaired) electrons. The van der Waals surface area contributed by atoms with Gasteiger partial charge < -0.3 is 29.7 Å². The number of rotatable bonds is 12. The first kappa shape index (κ1) is 32.7. The first-order valence-corrected chi connectivity index (χ1v) is 15.8. The van der Waals surface area contributed by atoms with E-state index in [1.54, 1.807) is 59.2 Å². The van der Waals surface area contributed by atoms with Gasteiger partial charge in [-0.1, -0.05) is 62.4 Å². The molecule has 46 heavy (non-hydrogen) atoms. The molecule has 3 amide bonds. The molecule has 2 aliphatic rings. The Morgan fingerprint density at radius 2 is 1.67 bits per heavy atom. The molecule has 3 aromatic rings. The third kappa shape index (κ3) is 6.77. The Labute approximate surface area is 269 Å². The van der Waals surface area contributed by atoms with Crippen LogP contribution < -0.4 is 15.0 Å². The zero-order valence-corrected chi connectivity index (χ0v) is 26.4. The number of hydrogen-bond donors (Lipinski definition) is 2. The number of hydrogen-bond acceptors (Lipinski definition) is 7. The van der Waals surface area contributed by atoms with E-state index in [1.807, 2.05) is 50.2 Å². The summed E-state index contributed by atoms with van der Waals surface area (Å²) in [5.74, 6) is -1.20. The normalized spacial score (nSPS) is 20.2. The fourth-order valence-electron chi connectivity index (χ4n) is 6.53. The zero-order valence-electron chi connectivity index (χ0n) is 26.4. The summed E-state index contributed by atoms with van der Waals surface area (Å²) in [6.45, 7) is 5.91. The Hall–Kier alpha value is -4.70. The molecule has 1 fully saturated rings. The van der Waals surface area contributed by atoms with Gasteiger partial charge in [0.15, 0.2) is 0 Å². The van der Waals surface area contributed by atoms with Crippen LogP contribution in [0.5, 0.6) is 5.75 Å². The van der Waals surface area contributed by atoms with Crippen molar-refractivity contribution in [1.29, 1.82) is 0 Å². The lowest BCUT2D eigenvalue weighted by Gasteiger charge is -2.51. The smallest absolute Gasteiger partial charge is 0.307 e. The highest BCUT2D eigenvalue weighted by Gasteiger charge is 2.57. The van der Waals surface area contributed by atoms with Crippen LogP contribution in [0.25, 0.3) is 0 Å². The molecule has 10 nitrogen and oxygen atoms in total. The summed E-state index contributed by atoms with van der Waals surface area (Å²) in [6, 6.07) is 20.1. The number of esters is 1. The van der Waals surface area contributed by atoms with Crippen LogP contribution in [0.3, 0.4) is 0 Å². The van der Waals surface area contributed by atoms with Crippen molar-refractivity contribution in [3.8, 4) is 5.75 Å². The van der Waals surface area contributed by atoms with Gasteiger partial charge in [-0.3, -0.25) is 19.2 Å². The Balaban J connectivity index is 1.63. The van der Waals surface area contributed by atoms with Crippen LogP contribution in [0.1, 0.15) is 61.1 Å². The lowest BCUT2D eigenvalue weighted by Crippen LogP contribution is -2.70. The Bertz CT molecular complexity index is 1550. The highest BCUT2D eigenvalue weighted by atomic mass is 16.5. The first-order valence-electron chi connectivity index (χ1n) is 15.8. The molecule has 0 aromatic heterocycles. The van der Waals surface area contributed by atoms with Crippen LogP contribution in [-0.2, 0) is 25.5 Å². The molecular weight excluding hydrogens is 586 g/mol. The fourth-order valence-corrected chi connectivity index (χ4v) is 6.53. The summed E-state index contributed by atoms with van der Waals surface area (Å²) in [5.41, 5.74) is 2.43. The molecule has 0 bridgehead atoms. The maximum atomic E-state index is 14.6. The van der Waals surface area contributed by atoms with Gasteiger partial charge >= 0.3 is 5.97 Å². The van der Waals surface area contributed by atoms with Gasteiger partial charge in [0.2, 0.25) is 11.8 Å². The molecule has 10 heteroatoms. The monoisotopic (exact) mass is 627 g/mol. The molecule has 0 aliphatic carbocycles. The van der Waals surface area contributed by atoms with Gasteiger partial charge in [0.1, 0.15) is 11.8 Å². The van der Waals surface area contributed by atoms with Crippen LogP contribution in [0.4, 0.5) is 5.69 Å². The van der Waals surface area contributed by atoms with E-state index in [-0.39, 0.29) is 56.3 Å². The van der Waals surface area contributed by atoms with Gasteiger partial charge in [-0.15, -0.1) is 0 Å². The molecule has 5 rings (SSSR count). The van der Waals surface area contributed by atoms with E-state index >= 15 is 0 Å². The van der Waals surface area contributed by atoms with Crippen molar-refractivity contribution in [2.45, 2.75) is 64.2 Å². The minimum absolute atomic E-state index is 0.0238. The standard InChI is InChI=1S/C36H41N3O7/c1-4-45-31(42)22-29-34-32(37-35(43)25-14-9-6-10-15-25)27-21-26(46-19-11-18-40)16-17-28(27)39(34)36(44)33(23(2)3)38(29)30(41)20-24-12-7-5-8-13-24/h5-10,12-17,21,23,29,32-34,40H,4,11,18-20,22H2,1-3H3,(H,37,43)/t29?,32-,33-,34+/m0/s1. The zero-order chi connectivity index (χ0) is 32.8. The van der Waals surface area contributed by atoms with Crippen molar-refractivity contribution in [2.24, 2.45) is 5.92 Å². The molecule has 1 unspecified atom stereocenters. The van der Waals surface area contributed by atoms with E-state index in [9.17, 15) is 24.3 Å². The molecule has 4 atom stereocenters. The van der Waals surface area contributed by atoms with Crippen molar-refractivity contribution < 1.29 is 33.8 Å². The van der Waals surface area contributed by atoms with Gasteiger partial charge in [0.25, 0.3) is 5.91 Å². The van der Waals surface area contributed by atoms with Crippen molar-refractivity contribution in [3.63, 3.8) is 0 Å². The molecule has 0 spiro atoms. The minimum Gasteiger partial charge on any atom is -0.493 e. The fraction of sp³-hybridized carbons (Fsp3) is 0.389. The molecule has 2 N–H and O–H groups in total. The number of anilines is 1. The number of ether oxygens (including phenoxy) is 2. The predicted octanol–water partition coefficient (Wildman–Crippen LogP) is 4.07. The van der Waals surface area contributed by atoms with Crippen LogP contribution in [0, 0.1) is 5.92 Å². The second-order valence-corrected chi connectivity index (χ2v) is 11.9. The van der Waals surface area contributed by atoms with Crippen molar-refractivity contribution in [1.82, 2.24) is 10.2 Å². The topological polar surface area (TPSA) is 125 Å². The molecule has 2 heterocycles. The largest absolute Gasteiger partial charge is 0.493 e. The summed E-state index contributed by atoms with van der Waals surface area (Å²) in [4.78, 5) is 59.0. The SMILES string of the molecule is CCOC(=O)CC1[C@@H]2[C@@H](NC(=O)c3ccccc3)c3cc(OCCCO)ccc3N2C(=O)[C@H](C(C)C)N1C(=O)Cc1ccccc1. The number of piperazine rings is 1. The summed E-state index contributed by atoms with van der Waals surface area (Å²) in [6.07, 6.45) is 0.312. The summed E-state index contributed by atoms with van der Waals surface area (Å²) < 4.78 is 11.3. The van der Waals surface area contributed by atoms with Gasteiger partial charge in [0.05, 0.1) is 44.2 Å². The predicted molar refractivity (Wildman–Crippen MR) is 172 cm³/mol. The van der Waals surface area contributed by atoms with Crippen molar-refractivity contribution >= 4 is 29.4 Å². The van der Waals surface area contributed by atoms with Gasteiger partial charge in [-0.2, -0.15) is 0 Å². The number of nitrogens with one attached hydrogen (secondary N) is 1. The van der Waals surface area contributed by atoms with Crippen molar-refractivity contribution in [2.75, 3.05) is 24.7 Å². The number of aliphatic hydroxyl groups excluding tert-OH is 1. The third-order valence-electron chi connectivity index (χ3n) is 8.47. The van der Waals surface area contributed by atoms with E-state index in [1.165, 1.54) is 0 Å². The highest BCUT2D eigenvalue weighted by Crippen LogP contribution is 2.48. The second kappa shape index (κ2) is 14.6. The number of amides is 3. The van der Waals surface area contributed by atoms with E-state index in [4.69, 9.17) is 9.47 Å². The Morgan fingerprint density at radius 1 is 0.978 bits per heavy atom. The van der Waals surface area contributed by atoms with E-state index in [0.29, 0.717) is 29.0 Å². The molecule has 1 saturated heterocycles. The number of aliphatic hydroxyl groups is 1. The Kier molecular flexibility index (Phi) is 10.4. The van der Waals surface area contributed by atoms with Gasteiger partial charge in [-0.05, 0) is 48.7 Å². The first-order chi connectivity index (χ1) is 22.2. The maximum Gasteiger partial charge on any atom is 0.307 e. The lowest BCUT2D eigenvalue weighted by atomic mass is 9.86. The molecular formula is C36H41N3O7. The van der Waals surface area contributed by atoms with Gasteiger partial charge in [0, 0.05) is 29.8 Å². The second-order valence-electron chi connectivity index (χ2n) is 11.9. The number of benzene rings is 3. The van der Waals surface area contributed by atoms with Crippen LogP contribution >= 0.6 is 0 Å². The van der Waals surface area contributed by atoms with E-state index < -0.39 is 30.1 Å². The molecule has 0 saturated carbocycles. The van der Waals surface area contributed by atoms with E-state index in [2.05, 4.69) is 5.32 Å². The van der Waals surface area contributed by atoms with Crippen LogP contribution in [0.2, 0.25) is 0 Å². The van der Waals surface area contributed by atoms with Gasteiger partial charge in [-0.25, -0.2) is 0 Å². The quantitative estimate of drug-likeness (QED) is 0.229. The maximum absolute atomic E-state index is 14.6. The number of fused-ring (bicyclic) bond motifs is 3. The Morgan fingerprint density at radius 3 is 2.33 bits per heavy atom. The minimum atomic E-state index is -0.858. The van der Waals surface area contributed by atoms with Crippen LogP contribution in [-0.4, -0.2) is 71.6 Å². The summed E-state index contributed by atoms with van der Waals surface area (Å²) in [5, 5.41) is 12.4. The molecule has 2 aliphatic heterocycles.